The molecule has 2 heterocycles. The van der Waals surface area contributed by atoms with E-state index in [1.165, 1.54) is 12.8 Å². The Morgan fingerprint density at radius 2 is 2.09 bits per heavy atom. The minimum Gasteiger partial charge on any atom is -0.444 e. The first-order valence-corrected chi connectivity index (χ1v) is 7.75. The Morgan fingerprint density at radius 1 is 1.41 bits per heavy atom. The lowest BCUT2D eigenvalue weighted by atomic mass is 10.2. The van der Waals surface area contributed by atoms with Gasteiger partial charge < -0.3 is 14.7 Å². The zero-order valence-corrected chi connectivity index (χ0v) is 13.6. The van der Waals surface area contributed by atoms with Crippen molar-refractivity contribution >= 4 is 11.8 Å². The first kappa shape index (κ1) is 16.8. The van der Waals surface area contributed by atoms with Crippen molar-refractivity contribution in [2.45, 2.75) is 51.9 Å². The molecular weight excluding hydrogens is 284 g/mol. The SMILES string of the molecule is CC(C)(C)OC(=O)Nc1cnn(CC(O)CN2CCCC2)c1. The summed E-state index contributed by atoms with van der Waals surface area (Å²) in [5.74, 6) is 0. The Morgan fingerprint density at radius 3 is 2.73 bits per heavy atom. The molecule has 2 N–H and O–H groups in total. The molecule has 0 radical (unpaired) electrons. The molecule has 1 unspecified atom stereocenters. The van der Waals surface area contributed by atoms with Gasteiger partial charge in [0, 0.05) is 12.7 Å². The number of rotatable bonds is 5. The van der Waals surface area contributed by atoms with Gasteiger partial charge in [-0.15, -0.1) is 0 Å². The van der Waals surface area contributed by atoms with Crippen LogP contribution >= 0.6 is 0 Å². The van der Waals surface area contributed by atoms with E-state index in [1.54, 1.807) is 17.1 Å². The quantitative estimate of drug-likeness (QED) is 0.865. The first-order valence-electron chi connectivity index (χ1n) is 7.75. The first-order chi connectivity index (χ1) is 10.3. The number of hydrogen-bond donors (Lipinski definition) is 2. The van der Waals surface area contributed by atoms with Crippen LogP contribution in [0.5, 0.6) is 0 Å². The third kappa shape index (κ3) is 5.65. The number of aliphatic hydroxyl groups excluding tert-OH is 1. The van der Waals surface area contributed by atoms with Crippen molar-refractivity contribution < 1.29 is 14.6 Å². The van der Waals surface area contributed by atoms with Crippen molar-refractivity contribution in [1.29, 1.82) is 0 Å². The van der Waals surface area contributed by atoms with Gasteiger partial charge in [0.2, 0.25) is 0 Å². The summed E-state index contributed by atoms with van der Waals surface area (Å²) in [6, 6.07) is 0. The van der Waals surface area contributed by atoms with Crippen LogP contribution in [0.25, 0.3) is 0 Å². The molecule has 124 valence electrons. The third-order valence-corrected chi connectivity index (χ3v) is 3.34. The van der Waals surface area contributed by atoms with Crippen LogP contribution in [0.15, 0.2) is 12.4 Å². The predicted molar refractivity (Wildman–Crippen MR) is 83.8 cm³/mol. The van der Waals surface area contributed by atoms with Crippen LogP contribution in [0, 0.1) is 0 Å². The van der Waals surface area contributed by atoms with E-state index < -0.39 is 17.8 Å². The molecule has 1 saturated heterocycles. The number of carbonyl (C=O) groups excluding carboxylic acids is 1. The summed E-state index contributed by atoms with van der Waals surface area (Å²) >= 11 is 0. The van der Waals surface area contributed by atoms with E-state index in [0.717, 1.165) is 13.1 Å². The van der Waals surface area contributed by atoms with Crippen LogP contribution in [0.4, 0.5) is 10.5 Å². The zero-order chi connectivity index (χ0) is 16.2. The van der Waals surface area contributed by atoms with Crippen LogP contribution in [0.3, 0.4) is 0 Å². The fourth-order valence-electron chi connectivity index (χ4n) is 2.49. The molecule has 7 nitrogen and oxygen atoms in total. The Labute approximate surface area is 131 Å². The number of nitrogens with one attached hydrogen (secondary N) is 1. The third-order valence-electron chi connectivity index (χ3n) is 3.34. The molecular formula is C15H26N4O3. The standard InChI is InChI=1S/C15H26N4O3/c1-15(2,3)22-14(21)17-12-8-16-19(9-12)11-13(20)10-18-6-4-5-7-18/h8-9,13,20H,4-7,10-11H2,1-3H3,(H,17,21). The molecule has 7 heteroatoms. The van der Waals surface area contributed by atoms with Crippen molar-refractivity contribution in [2.75, 3.05) is 25.0 Å². The predicted octanol–water partition coefficient (Wildman–Crippen LogP) is 1.69. The lowest BCUT2D eigenvalue weighted by Gasteiger charge is -2.19. The molecule has 0 spiro atoms. The van der Waals surface area contributed by atoms with Gasteiger partial charge in [0.25, 0.3) is 0 Å². The average molecular weight is 310 g/mol. The van der Waals surface area contributed by atoms with E-state index in [0.29, 0.717) is 18.8 Å². The number of anilines is 1. The van der Waals surface area contributed by atoms with Crippen molar-refractivity contribution in [3.05, 3.63) is 12.4 Å². The highest BCUT2D eigenvalue weighted by atomic mass is 16.6. The summed E-state index contributed by atoms with van der Waals surface area (Å²) in [7, 11) is 0. The Bertz CT molecular complexity index is 489. The second kappa shape index (κ2) is 7.11. The second-order valence-corrected chi connectivity index (χ2v) is 6.74. The highest BCUT2D eigenvalue weighted by Crippen LogP contribution is 2.12. The summed E-state index contributed by atoms with van der Waals surface area (Å²) in [6.07, 6.45) is 4.68. The van der Waals surface area contributed by atoms with Gasteiger partial charge in [-0.2, -0.15) is 5.10 Å². The maximum atomic E-state index is 11.7. The molecule has 2 rings (SSSR count). The maximum Gasteiger partial charge on any atom is 0.412 e. The lowest BCUT2D eigenvalue weighted by molar-refractivity contribution is 0.0636. The molecule has 1 aliphatic rings. The van der Waals surface area contributed by atoms with Crippen molar-refractivity contribution in [3.63, 3.8) is 0 Å². The van der Waals surface area contributed by atoms with Gasteiger partial charge in [-0.25, -0.2) is 4.79 Å². The lowest BCUT2D eigenvalue weighted by Crippen LogP contribution is -2.32. The average Bonchev–Trinajstić information content (AvgIpc) is 2.98. The second-order valence-electron chi connectivity index (χ2n) is 6.74. The summed E-state index contributed by atoms with van der Waals surface area (Å²) in [6.45, 7) is 8.62. The van der Waals surface area contributed by atoms with Gasteiger partial charge in [0.15, 0.2) is 0 Å². The summed E-state index contributed by atoms with van der Waals surface area (Å²) in [5.41, 5.74) is 0.0223. The number of aliphatic hydroxyl groups is 1. The minimum absolute atomic E-state index is 0.409. The molecule has 22 heavy (non-hydrogen) atoms. The monoisotopic (exact) mass is 310 g/mol. The Kier molecular flexibility index (Phi) is 5.42. The maximum absolute atomic E-state index is 11.7. The van der Waals surface area contributed by atoms with Crippen LogP contribution in [-0.4, -0.2) is 57.2 Å². The van der Waals surface area contributed by atoms with E-state index in [1.807, 2.05) is 20.8 Å². The van der Waals surface area contributed by atoms with Gasteiger partial charge in [0.1, 0.15) is 5.60 Å². The highest BCUT2D eigenvalue weighted by molar-refractivity contribution is 5.84. The van der Waals surface area contributed by atoms with Crippen LogP contribution in [0.1, 0.15) is 33.6 Å². The molecule has 0 bridgehead atoms. The van der Waals surface area contributed by atoms with E-state index in [2.05, 4.69) is 15.3 Å². The summed E-state index contributed by atoms with van der Waals surface area (Å²) in [5, 5.41) is 16.9. The van der Waals surface area contributed by atoms with Gasteiger partial charge in [-0.3, -0.25) is 10.00 Å². The van der Waals surface area contributed by atoms with Crippen LogP contribution in [-0.2, 0) is 11.3 Å². The topological polar surface area (TPSA) is 79.6 Å². The molecule has 1 aromatic rings. The van der Waals surface area contributed by atoms with Gasteiger partial charge in [-0.1, -0.05) is 0 Å². The van der Waals surface area contributed by atoms with Crippen molar-refractivity contribution in [1.82, 2.24) is 14.7 Å². The van der Waals surface area contributed by atoms with E-state index in [9.17, 15) is 9.90 Å². The molecule has 0 aliphatic carbocycles. The molecule has 1 amide bonds. The largest absolute Gasteiger partial charge is 0.444 e. The van der Waals surface area contributed by atoms with Gasteiger partial charge in [-0.05, 0) is 46.7 Å². The number of carbonyl (C=O) groups is 1. The van der Waals surface area contributed by atoms with E-state index in [-0.39, 0.29) is 0 Å². The zero-order valence-electron chi connectivity index (χ0n) is 13.6. The fourth-order valence-corrected chi connectivity index (χ4v) is 2.49. The molecule has 1 aromatic heterocycles. The molecule has 1 aliphatic heterocycles. The van der Waals surface area contributed by atoms with Gasteiger partial charge >= 0.3 is 6.09 Å². The smallest absolute Gasteiger partial charge is 0.412 e. The Hall–Kier alpha value is -1.60. The number of nitrogens with zero attached hydrogens (tertiary/aromatic N) is 3. The number of hydrogen-bond acceptors (Lipinski definition) is 5. The van der Waals surface area contributed by atoms with Crippen molar-refractivity contribution in [3.8, 4) is 0 Å². The number of β-amino-alcohol motifs (C(OH)–C–C–N with tert-alkyl or cyclic N) is 1. The molecule has 1 fully saturated rings. The number of likely N-dealkylation sites (tertiary alicyclic amines) is 1. The van der Waals surface area contributed by atoms with E-state index in [4.69, 9.17) is 4.74 Å². The summed E-state index contributed by atoms with van der Waals surface area (Å²) in [4.78, 5) is 13.9. The van der Waals surface area contributed by atoms with Gasteiger partial charge in [0.05, 0.1) is 24.5 Å². The normalized spacial score (nSPS) is 17.5. The van der Waals surface area contributed by atoms with E-state index >= 15 is 0 Å². The van der Waals surface area contributed by atoms with Crippen LogP contribution in [0.2, 0.25) is 0 Å². The number of ether oxygens (including phenoxy) is 1. The number of aromatic nitrogens is 2. The number of amides is 1. The molecule has 1 atom stereocenters. The van der Waals surface area contributed by atoms with Crippen LogP contribution < -0.4 is 5.32 Å². The minimum atomic E-state index is -0.536. The fraction of sp³-hybridized carbons (Fsp3) is 0.733. The highest BCUT2D eigenvalue weighted by Gasteiger charge is 2.18. The van der Waals surface area contributed by atoms with Crippen molar-refractivity contribution in [2.24, 2.45) is 0 Å². The molecule has 0 saturated carbocycles. The summed E-state index contributed by atoms with van der Waals surface area (Å²) < 4.78 is 6.81. The Balaban J connectivity index is 1.79. The molecule has 0 aromatic carbocycles.